The molecule has 3 rings (SSSR count). The molecule has 2 fully saturated rings. The number of carbonyl (C=O) groups is 1. The average molecular weight is 317 g/mol. The van der Waals surface area contributed by atoms with Gasteiger partial charge in [0.2, 0.25) is 5.91 Å². The van der Waals surface area contributed by atoms with Gasteiger partial charge in [0.15, 0.2) is 0 Å². The lowest BCUT2D eigenvalue weighted by Crippen LogP contribution is -2.46. The largest absolute Gasteiger partial charge is 0.373 e. The molecule has 126 valence electrons. The molecule has 5 nitrogen and oxygen atoms in total. The van der Waals surface area contributed by atoms with E-state index in [4.69, 9.17) is 4.74 Å². The molecule has 1 aromatic rings. The van der Waals surface area contributed by atoms with E-state index >= 15 is 0 Å². The number of hydrogen-bond acceptors (Lipinski definition) is 4. The van der Waals surface area contributed by atoms with Crippen LogP contribution in [0.3, 0.4) is 0 Å². The molecule has 2 aliphatic rings. The number of unbranched alkanes of at least 4 members (excludes halogenated alkanes) is 1. The Morgan fingerprint density at radius 1 is 1.43 bits per heavy atom. The van der Waals surface area contributed by atoms with Crippen molar-refractivity contribution in [2.24, 2.45) is 0 Å². The normalized spacial score (nSPS) is 23.2. The maximum atomic E-state index is 12.1. The van der Waals surface area contributed by atoms with Gasteiger partial charge in [-0.1, -0.05) is 19.4 Å². The topological polar surface area (TPSA) is 54.5 Å². The van der Waals surface area contributed by atoms with Gasteiger partial charge in [0, 0.05) is 25.7 Å². The van der Waals surface area contributed by atoms with Crippen LogP contribution in [0.1, 0.15) is 45.4 Å². The Kier molecular flexibility index (Phi) is 5.16. The molecule has 23 heavy (non-hydrogen) atoms. The maximum absolute atomic E-state index is 12.1. The van der Waals surface area contributed by atoms with Crippen molar-refractivity contribution in [3.05, 3.63) is 24.4 Å². The summed E-state index contributed by atoms with van der Waals surface area (Å²) in [6, 6.07) is 6.21. The van der Waals surface area contributed by atoms with Crippen LogP contribution in [0.25, 0.3) is 0 Å². The van der Waals surface area contributed by atoms with Gasteiger partial charge in [-0.3, -0.25) is 4.79 Å². The number of anilines is 1. The molecule has 0 bridgehead atoms. The number of aromatic nitrogens is 1. The molecule has 0 radical (unpaired) electrons. The molecule has 1 atom stereocenters. The Hall–Kier alpha value is -1.62. The number of rotatable bonds is 5. The van der Waals surface area contributed by atoms with Gasteiger partial charge < -0.3 is 15.0 Å². The predicted molar refractivity (Wildman–Crippen MR) is 90.3 cm³/mol. The number of pyridine rings is 1. The van der Waals surface area contributed by atoms with Gasteiger partial charge in [0.1, 0.15) is 5.82 Å². The summed E-state index contributed by atoms with van der Waals surface area (Å²) in [7, 11) is 0. The third-order valence-electron chi connectivity index (χ3n) is 5.00. The molecule has 2 saturated heterocycles. The molecule has 5 heteroatoms. The molecule has 1 spiro atoms. The van der Waals surface area contributed by atoms with Crippen LogP contribution in [0.4, 0.5) is 5.82 Å². The first-order valence-corrected chi connectivity index (χ1v) is 8.80. The lowest BCUT2D eigenvalue weighted by molar-refractivity contribution is -0.136. The fourth-order valence-corrected chi connectivity index (χ4v) is 3.59. The highest BCUT2D eigenvalue weighted by Gasteiger charge is 2.43. The van der Waals surface area contributed by atoms with Crippen LogP contribution in [0.15, 0.2) is 24.4 Å². The number of likely N-dealkylation sites (tertiary alicyclic amines) is 1. The summed E-state index contributed by atoms with van der Waals surface area (Å²) in [4.78, 5) is 18.5. The number of hydrogen-bond donors (Lipinski definition) is 1. The summed E-state index contributed by atoms with van der Waals surface area (Å²) in [6.45, 7) is 4.51. The summed E-state index contributed by atoms with van der Waals surface area (Å²) >= 11 is 0. The third kappa shape index (κ3) is 4.02. The fraction of sp³-hybridized carbons (Fsp3) is 0.667. The second kappa shape index (κ2) is 7.30. The van der Waals surface area contributed by atoms with Crippen molar-refractivity contribution in [2.45, 2.75) is 57.1 Å². The number of amides is 1. The van der Waals surface area contributed by atoms with Crippen molar-refractivity contribution in [1.82, 2.24) is 9.88 Å². The van der Waals surface area contributed by atoms with Crippen molar-refractivity contribution < 1.29 is 9.53 Å². The Morgan fingerprint density at radius 3 is 2.96 bits per heavy atom. The van der Waals surface area contributed by atoms with E-state index < -0.39 is 0 Å². The van der Waals surface area contributed by atoms with E-state index in [1.807, 2.05) is 23.1 Å². The van der Waals surface area contributed by atoms with Crippen LogP contribution in [-0.2, 0) is 9.53 Å². The Labute approximate surface area is 138 Å². The summed E-state index contributed by atoms with van der Waals surface area (Å²) in [5.74, 6) is 1.22. The first-order chi connectivity index (χ1) is 11.2. The van der Waals surface area contributed by atoms with Crippen molar-refractivity contribution in [2.75, 3.05) is 25.0 Å². The molecular formula is C18H27N3O2. The van der Waals surface area contributed by atoms with Gasteiger partial charge in [0.25, 0.3) is 0 Å². The van der Waals surface area contributed by atoms with E-state index in [1.165, 1.54) is 0 Å². The van der Waals surface area contributed by atoms with E-state index in [1.54, 1.807) is 6.20 Å². The van der Waals surface area contributed by atoms with Crippen LogP contribution in [0, 0.1) is 0 Å². The zero-order valence-corrected chi connectivity index (χ0v) is 14.0. The first-order valence-electron chi connectivity index (χ1n) is 8.80. The molecule has 1 aromatic heterocycles. The highest BCUT2D eigenvalue weighted by Crippen LogP contribution is 2.36. The Bertz CT molecular complexity index is 512. The van der Waals surface area contributed by atoms with E-state index in [2.05, 4.69) is 17.2 Å². The molecule has 0 aliphatic carbocycles. The van der Waals surface area contributed by atoms with Crippen LogP contribution in [-0.4, -0.2) is 47.1 Å². The van der Waals surface area contributed by atoms with Crippen molar-refractivity contribution in [1.29, 1.82) is 0 Å². The number of ether oxygens (including phenoxy) is 1. The lowest BCUT2D eigenvalue weighted by Gasteiger charge is -2.38. The molecular weight excluding hydrogens is 290 g/mol. The molecule has 1 unspecified atom stereocenters. The van der Waals surface area contributed by atoms with E-state index in [0.717, 1.165) is 57.6 Å². The molecule has 3 heterocycles. The van der Waals surface area contributed by atoms with Gasteiger partial charge in [0.05, 0.1) is 18.2 Å². The van der Waals surface area contributed by atoms with Crippen molar-refractivity contribution >= 4 is 11.7 Å². The van der Waals surface area contributed by atoms with Gasteiger partial charge in [-0.05, 0) is 37.8 Å². The number of nitrogens with one attached hydrogen (secondary N) is 1. The highest BCUT2D eigenvalue weighted by molar-refractivity contribution is 5.76. The molecule has 0 aromatic carbocycles. The number of nitrogens with zero attached hydrogens (tertiary/aromatic N) is 2. The zero-order chi connectivity index (χ0) is 16.1. The zero-order valence-electron chi connectivity index (χ0n) is 14.0. The van der Waals surface area contributed by atoms with Gasteiger partial charge in [-0.2, -0.15) is 0 Å². The standard InChI is InChI=1S/C18H27N3O2/c1-2-3-7-17(22)21-11-8-18(9-12-21)13-15(14-23-18)20-16-6-4-5-10-19-16/h4-6,10,15H,2-3,7-9,11-14H2,1H3,(H,19,20). The lowest BCUT2D eigenvalue weighted by atomic mass is 9.87. The van der Waals surface area contributed by atoms with Crippen LogP contribution < -0.4 is 5.32 Å². The first kappa shape index (κ1) is 16.2. The quantitative estimate of drug-likeness (QED) is 0.907. The summed E-state index contributed by atoms with van der Waals surface area (Å²) < 4.78 is 6.15. The highest BCUT2D eigenvalue weighted by atomic mass is 16.5. The predicted octanol–water partition coefficient (Wildman–Crippen LogP) is 2.83. The van der Waals surface area contributed by atoms with Gasteiger partial charge >= 0.3 is 0 Å². The second-order valence-corrected chi connectivity index (χ2v) is 6.74. The Balaban J connectivity index is 1.48. The maximum Gasteiger partial charge on any atom is 0.222 e. The SMILES string of the molecule is CCCCC(=O)N1CCC2(CC1)CC(Nc1ccccn1)CO2. The van der Waals surface area contributed by atoms with Crippen molar-refractivity contribution in [3.63, 3.8) is 0 Å². The third-order valence-corrected chi connectivity index (χ3v) is 5.00. The summed E-state index contributed by atoms with van der Waals surface area (Å²) in [5.41, 5.74) is -0.0476. The molecule has 2 aliphatic heterocycles. The minimum atomic E-state index is -0.0476. The van der Waals surface area contributed by atoms with E-state index in [0.29, 0.717) is 18.4 Å². The number of piperidine rings is 1. The minimum absolute atomic E-state index is 0.0476. The average Bonchev–Trinajstić information content (AvgIpc) is 2.96. The van der Waals surface area contributed by atoms with Crippen molar-refractivity contribution in [3.8, 4) is 0 Å². The monoisotopic (exact) mass is 317 g/mol. The Morgan fingerprint density at radius 2 is 2.26 bits per heavy atom. The van der Waals surface area contributed by atoms with Crippen LogP contribution in [0.2, 0.25) is 0 Å². The van der Waals surface area contributed by atoms with E-state index in [9.17, 15) is 4.79 Å². The number of carbonyl (C=O) groups excluding carboxylic acids is 1. The summed E-state index contributed by atoms with van der Waals surface area (Å²) in [5, 5.41) is 3.46. The van der Waals surface area contributed by atoms with Crippen LogP contribution in [0.5, 0.6) is 0 Å². The second-order valence-electron chi connectivity index (χ2n) is 6.74. The van der Waals surface area contributed by atoms with Gasteiger partial charge in [-0.25, -0.2) is 4.98 Å². The van der Waals surface area contributed by atoms with Gasteiger partial charge in [-0.15, -0.1) is 0 Å². The minimum Gasteiger partial charge on any atom is -0.373 e. The van der Waals surface area contributed by atoms with E-state index in [-0.39, 0.29) is 5.60 Å². The van der Waals surface area contributed by atoms with Crippen LogP contribution >= 0.6 is 0 Å². The summed E-state index contributed by atoms with van der Waals surface area (Å²) in [6.07, 6.45) is 7.46. The molecule has 1 amide bonds. The smallest absolute Gasteiger partial charge is 0.222 e. The molecule has 0 saturated carbocycles. The molecule has 1 N–H and O–H groups in total. The fourth-order valence-electron chi connectivity index (χ4n) is 3.59.